The highest BCUT2D eigenvalue weighted by atomic mass is 32.2. The zero-order chi connectivity index (χ0) is 22.3. The van der Waals surface area contributed by atoms with E-state index in [1.165, 1.54) is 12.1 Å². The quantitative estimate of drug-likeness (QED) is 0.250. The largest absolute Gasteiger partial charge is 0.494 e. The Balaban J connectivity index is 1.37. The lowest BCUT2D eigenvalue weighted by molar-refractivity contribution is -0.120. The summed E-state index contributed by atoms with van der Waals surface area (Å²) >= 11 is 1.68. The van der Waals surface area contributed by atoms with Gasteiger partial charge < -0.3 is 15.0 Å². The van der Waals surface area contributed by atoms with Crippen LogP contribution in [-0.4, -0.2) is 29.8 Å². The van der Waals surface area contributed by atoms with Gasteiger partial charge in [0.25, 0.3) is 0 Å². The molecule has 0 bridgehead atoms. The summed E-state index contributed by atoms with van der Waals surface area (Å²) in [6, 6.07) is 22.2. The van der Waals surface area contributed by atoms with Gasteiger partial charge in [-0.2, -0.15) is 0 Å². The van der Waals surface area contributed by atoms with Gasteiger partial charge in [0, 0.05) is 28.1 Å². The minimum Gasteiger partial charge on any atom is -0.494 e. The highest BCUT2D eigenvalue weighted by Gasteiger charge is 2.14. The SMILES string of the molecule is CCOc1ccc(CC(=O)NCCSc2c(-c3ccc(F)cc3)[nH]c3ccccc23)cc1. The number of carbonyl (C=O) groups excluding carboxylic acids is 1. The number of thioether (sulfide) groups is 1. The molecule has 0 fully saturated rings. The van der Waals surface area contributed by atoms with Gasteiger partial charge in [0.1, 0.15) is 11.6 Å². The standard InChI is InChI=1S/C26H25FN2O2S/c1-2-31-21-13-7-18(8-14-21)17-24(30)28-15-16-32-26-22-5-3-4-6-23(22)29-25(26)19-9-11-20(27)12-10-19/h3-14,29H,2,15-17H2,1H3,(H,28,30). The number of benzene rings is 3. The first-order valence-corrected chi connectivity index (χ1v) is 11.6. The molecule has 164 valence electrons. The lowest BCUT2D eigenvalue weighted by Gasteiger charge is -2.08. The molecule has 0 unspecified atom stereocenters. The number of halogens is 1. The Labute approximate surface area is 191 Å². The van der Waals surface area contributed by atoms with E-state index >= 15 is 0 Å². The highest BCUT2D eigenvalue weighted by molar-refractivity contribution is 7.99. The van der Waals surface area contributed by atoms with Crippen molar-refractivity contribution < 1.29 is 13.9 Å². The van der Waals surface area contributed by atoms with E-state index in [4.69, 9.17) is 4.74 Å². The first kappa shape index (κ1) is 22.0. The van der Waals surface area contributed by atoms with Crippen LogP contribution >= 0.6 is 11.8 Å². The van der Waals surface area contributed by atoms with Crippen molar-refractivity contribution in [1.82, 2.24) is 10.3 Å². The molecule has 2 N–H and O–H groups in total. The van der Waals surface area contributed by atoms with Gasteiger partial charge in [0.15, 0.2) is 0 Å². The summed E-state index contributed by atoms with van der Waals surface area (Å²) in [5.74, 6) is 1.27. The van der Waals surface area contributed by atoms with Crippen LogP contribution in [0.3, 0.4) is 0 Å². The second-order valence-corrected chi connectivity index (χ2v) is 8.44. The van der Waals surface area contributed by atoms with Crippen LogP contribution in [0.5, 0.6) is 5.75 Å². The normalized spacial score (nSPS) is 10.9. The number of hydrogen-bond acceptors (Lipinski definition) is 3. The molecule has 6 heteroatoms. The summed E-state index contributed by atoms with van der Waals surface area (Å²) in [5.41, 5.74) is 3.89. The first-order valence-electron chi connectivity index (χ1n) is 10.6. The second kappa shape index (κ2) is 10.4. The molecule has 0 saturated carbocycles. The molecule has 4 nitrogen and oxygen atoms in total. The summed E-state index contributed by atoms with van der Waals surface area (Å²) in [4.78, 5) is 16.9. The fourth-order valence-corrected chi connectivity index (χ4v) is 4.60. The molecule has 0 aliphatic carbocycles. The number of nitrogens with one attached hydrogen (secondary N) is 2. The van der Waals surface area contributed by atoms with Crippen molar-refractivity contribution in [2.75, 3.05) is 18.9 Å². The van der Waals surface area contributed by atoms with Gasteiger partial charge in [0.2, 0.25) is 5.91 Å². The molecule has 0 saturated heterocycles. The Morgan fingerprint density at radius 1 is 1.03 bits per heavy atom. The van der Waals surface area contributed by atoms with Gasteiger partial charge in [-0.25, -0.2) is 4.39 Å². The predicted molar refractivity (Wildman–Crippen MR) is 129 cm³/mol. The number of H-pyrrole nitrogens is 1. The molecule has 0 spiro atoms. The van der Waals surface area contributed by atoms with Crippen molar-refractivity contribution in [2.45, 2.75) is 18.2 Å². The van der Waals surface area contributed by atoms with Gasteiger partial charge in [-0.05, 0) is 60.5 Å². The van der Waals surface area contributed by atoms with Crippen LogP contribution in [0.25, 0.3) is 22.2 Å². The molecule has 0 atom stereocenters. The number of fused-ring (bicyclic) bond motifs is 1. The van der Waals surface area contributed by atoms with E-state index in [2.05, 4.69) is 16.4 Å². The van der Waals surface area contributed by atoms with Crippen LogP contribution in [-0.2, 0) is 11.2 Å². The zero-order valence-corrected chi connectivity index (χ0v) is 18.7. The van der Waals surface area contributed by atoms with Gasteiger partial charge in [0.05, 0.1) is 18.7 Å². The summed E-state index contributed by atoms with van der Waals surface area (Å²) in [5, 5.41) is 4.12. The van der Waals surface area contributed by atoms with Crippen LogP contribution in [0.2, 0.25) is 0 Å². The lowest BCUT2D eigenvalue weighted by atomic mass is 10.1. The number of ether oxygens (including phenoxy) is 1. The topological polar surface area (TPSA) is 54.1 Å². The molecule has 3 aromatic carbocycles. The Kier molecular flexibility index (Phi) is 7.12. The van der Waals surface area contributed by atoms with Crippen molar-refractivity contribution in [3.8, 4) is 17.0 Å². The van der Waals surface area contributed by atoms with Crippen molar-refractivity contribution in [3.63, 3.8) is 0 Å². The van der Waals surface area contributed by atoms with E-state index in [1.54, 1.807) is 23.9 Å². The average Bonchev–Trinajstić information content (AvgIpc) is 3.17. The Bertz CT molecular complexity index is 1190. The van der Waals surface area contributed by atoms with Gasteiger partial charge in [-0.1, -0.05) is 30.3 Å². The Morgan fingerprint density at radius 2 is 1.78 bits per heavy atom. The second-order valence-electron chi connectivity index (χ2n) is 7.33. The van der Waals surface area contributed by atoms with Gasteiger partial charge >= 0.3 is 0 Å². The van der Waals surface area contributed by atoms with E-state index < -0.39 is 0 Å². The van der Waals surface area contributed by atoms with Crippen LogP contribution < -0.4 is 10.1 Å². The van der Waals surface area contributed by atoms with E-state index in [1.807, 2.05) is 49.4 Å². The molecule has 0 aliphatic heterocycles. The van der Waals surface area contributed by atoms with E-state index in [9.17, 15) is 9.18 Å². The monoisotopic (exact) mass is 448 g/mol. The van der Waals surface area contributed by atoms with Crippen LogP contribution in [0.4, 0.5) is 4.39 Å². The third-order valence-corrected chi connectivity index (χ3v) is 6.18. The zero-order valence-electron chi connectivity index (χ0n) is 17.9. The van der Waals surface area contributed by atoms with Crippen molar-refractivity contribution in [1.29, 1.82) is 0 Å². The lowest BCUT2D eigenvalue weighted by Crippen LogP contribution is -2.27. The fraction of sp³-hybridized carbons (Fsp3) is 0.192. The molecule has 4 rings (SSSR count). The minimum absolute atomic E-state index is 0.00700. The molecule has 0 radical (unpaired) electrons. The molecular formula is C26H25FN2O2S. The summed E-state index contributed by atoms with van der Waals surface area (Å²) in [6.45, 7) is 3.12. The molecule has 1 heterocycles. The number of hydrogen-bond donors (Lipinski definition) is 2. The molecule has 0 aliphatic rings. The number of carbonyl (C=O) groups is 1. The van der Waals surface area contributed by atoms with Gasteiger partial charge in [-0.15, -0.1) is 11.8 Å². The van der Waals surface area contributed by atoms with Crippen molar-refractivity contribution in [2.24, 2.45) is 0 Å². The maximum atomic E-state index is 13.4. The highest BCUT2D eigenvalue weighted by Crippen LogP contribution is 2.37. The number of aromatic nitrogens is 1. The van der Waals surface area contributed by atoms with E-state index in [0.29, 0.717) is 19.6 Å². The van der Waals surface area contributed by atoms with Crippen LogP contribution in [0.1, 0.15) is 12.5 Å². The minimum atomic E-state index is -0.255. The first-order chi connectivity index (χ1) is 15.6. The molecule has 1 amide bonds. The van der Waals surface area contributed by atoms with E-state index in [-0.39, 0.29) is 11.7 Å². The molecular weight excluding hydrogens is 423 g/mol. The maximum absolute atomic E-state index is 13.4. The number of para-hydroxylation sites is 1. The predicted octanol–water partition coefficient (Wildman–Crippen LogP) is 5.82. The molecule has 4 aromatic rings. The third-order valence-electron chi connectivity index (χ3n) is 5.06. The van der Waals surface area contributed by atoms with Gasteiger partial charge in [-0.3, -0.25) is 4.79 Å². The summed E-state index contributed by atoms with van der Waals surface area (Å²) in [7, 11) is 0. The Hall–Kier alpha value is -3.25. The number of rotatable bonds is 9. The molecule has 1 aromatic heterocycles. The van der Waals surface area contributed by atoms with E-state index in [0.717, 1.165) is 44.1 Å². The average molecular weight is 449 g/mol. The van der Waals surface area contributed by atoms with Crippen molar-refractivity contribution in [3.05, 3.63) is 84.2 Å². The Morgan fingerprint density at radius 3 is 2.53 bits per heavy atom. The van der Waals surface area contributed by atoms with Crippen molar-refractivity contribution >= 4 is 28.6 Å². The smallest absolute Gasteiger partial charge is 0.224 e. The fourth-order valence-electron chi connectivity index (χ4n) is 3.55. The number of amides is 1. The third kappa shape index (κ3) is 5.32. The molecule has 32 heavy (non-hydrogen) atoms. The maximum Gasteiger partial charge on any atom is 0.224 e. The van der Waals surface area contributed by atoms with Crippen LogP contribution in [0, 0.1) is 5.82 Å². The van der Waals surface area contributed by atoms with Crippen LogP contribution in [0.15, 0.2) is 77.7 Å². The number of aromatic amines is 1. The summed E-state index contributed by atoms with van der Waals surface area (Å²) < 4.78 is 18.8. The summed E-state index contributed by atoms with van der Waals surface area (Å²) in [6.07, 6.45) is 0.338.